The van der Waals surface area contributed by atoms with E-state index < -0.39 is 6.04 Å². The van der Waals surface area contributed by atoms with E-state index in [0.717, 1.165) is 23.7 Å². The van der Waals surface area contributed by atoms with E-state index in [1.54, 1.807) is 0 Å². The Labute approximate surface area is 203 Å². The van der Waals surface area contributed by atoms with Crippen LogP contribution in [0, 0.1) is 11.8 Å². The van der Waals surface area contributed by atoms with Gasteiger partial charge in [0.15, 0.2) is 5.12 Å². The Kier molecular flexibility index (Phi) is 14.6. The zero-order valence-corrected chi connectivity index (χ0v) is 21.1. The molecule has 5 nitrogen and oxygen atoms in total. The number of rotatable bonds is 14. The van der Waals surface area contributed by atoms with Crippen LogP contribution in [0.1, 0.15) is 46.1 Å². The predicted molar refractivity (Wildman–Crippen MR) is 139 cm³/mol. The molecular formula is C27H38N2O3S. The minimum Gasteiger partial charge on any atom is -0.351 e. The van der Waals surface area contributed by atoms with E-state index in [4.69, 9.17) is 0 Å². The van der Waals surface area contributed by atoms with Crippen molar-refractivity contribution in [2.75, 3.05) is 12.3 Å². The van der Waals surface area contributed by atoms with Crippen molar-refractivity contribution in [1.82, 2.24) is 10.6 Å². The maximum Gasteiger partial charge on any atom is 0.242 e. The lowest BCUT2D eigenvalue weighted by molar-refractivity contribution is -0.131. The molecule has 1 rings (SSSR count). The Hall–Kier alpha value is -2.60. The predicted octanol–water partition coefficient (Wildman–Crippen LogP) is 4.85. The summed E-state index contributed by atoms with van der Waals surface area (Å²) in [6, 6.07) is 9.37. The van der Waals surface area contributed by atoms with Gasteiger partial charge in [-0.05, 0) is 37.7 Å². The molecule has 0 radical (unpaired) electrons. The fourth-order valence-electron chi connectivity index (χ4n) is 3.15. The van der Waals surface area contributed by atoms with Crippen molar-refractivity contribution < 1.29 is 14.4 Å². The summed E-state index contributed by atoms with van der Waals surface area (Å²) in [7, 11) is 0. The number of thioether (sulfide) groups is 1. The second-order valence-corrected chi connectivity index (χ2v) is 9.50. The van der Waals surface area contributed by atoms with Crippen molar-refractivity contribution in [2.24, 2.45) is 11.8 Å². The van der Waals surface area contributed by atoms with Gasteiger partial charge in [-0.3, -0.25) is 14.4 Å². The van der Waals surface area contributed by atoms with Crippen molar-refractivity contribution in [2.45, 2.75) is 53.0 Å². The summed E-state index contributed by atoms with van der Waals surface area (Å²) in [6.07, 6.45) is 13.3. The van der Waals surface area contributed by atoms with Crippen molar-refractivity contribution in [3.05, 3.63) is 72.4 Å². The molecule has 33 heavy (non-hydrogen) atoms. The first-order valence-corrected chi connectivity index (χ1v) is 12.5. The molecule has 2 unspecified atom stereocenters. The second-order valence-electron chi connectivity index (χ2n) is 8.30. The number of hydrogen-bond donors (Lipinski definition) is 2. The highest BCUT2D eigenvalue weighted by molar-refractivity contribution is 8.13. The molecule has 0 bridgehead atoms. The molecule has 0 aliphatic rings. The molecule has 1 aromatic rings. The smallest absolute Gasteiger partial charge is 0.242 e. The number of carbonyl (C=O) groups excluding carboxylic acids is 3. The lowest BCUT2D eigenvalue weighted by Gasteiger charge is -2.23. The Bertz CT molecular complexity index is 816. The van der Waals surface area contributed by atoms with Crippen LogP contribution in [-0.4, -0.2) is 35.3 Å². The van der Waals surface area contributed by atoms with Crippen molar-refractivity contribution >= 4 is 28.7 Å². The maximum absolute atomic E-state index is 13.1. The molecule has 0 heterocycles. The Morgan fingerprint density at radius 1 is 1.00 bits per heavy atom. The summed E-state index contributed by atoms with van der Waals surface area (Å²) in [6.45, 7) is 7.89. The van der Waals surface area contributed by atoms with E-state index in [-0.39, 0.29) is 28.8 Å². The summed E-state index contributed by atoms with van der Waals surface area (Å²) < 4.78 is 0. The van der Waals surface area contributed by atoms with Crippen molar-refractivity contribution in [1.29, 1.82) is 0 Å². The average molecular weight is 471 g/mol. The Balaban J connectivity index is 2.76. The Morgan fingerprint density at radius 2 is 1.70 bits per heavy atom. The van der Waals surface area contributed by atoms with Crippen LogP contribution in [0.4, 0.5) is 0 Å². The van der Waals surface area contributed by atoms with Gasteiger partial charge in [0.25, 0.3) is 0 Å². The summed E-state index contributed by atoms with van der Waals surface area (Å²) in [5, 5.41) is 5.82. The van der Waals surface area contributed by atoms with Crippen LogP contribution in [-0.2, 0) is 20.8 Å². The molecule has 0 aromatic heterocycles. The molecule has 0 saturated carbocycles. The van der Waals surface area contributed by atoms with E-state index in [0.29, 0.717) is 25.1 Å². The number of hydrogen-bond acceptors (Lipinski definition) is 4. The summed E-state index contributed by atoms with van der Waals surface area (Å²) in [4.78, 5) is 37.4. The molecule has 2 amide bonds. The van der Waals surface area contributed by atoms with Gasteiger partial charge in [-0.1, -0.05) is 92.4 Å². The van der Waals surface area contributed by atoms with Gasteiger partial charge in [0.2, 0.25) is 11.8 Å². The van der Waals surface area contributed by atoms with Gasteiger partial charge in [0.05, 0.1) is 0 Å². The first kappa shape index (κ1) is 28.4. The van der Waals surface area contributed by atoms with Gasteiger partial charge >= 0.3 is 0 Å². The van der Waals surface area contributed by atoms with Crippen LogP contribution in [0.25, 0.3) is 0 Å². The summed E-state index contributed by atoms with van der Waals surface area (Å²) in [5.74, 6) is -0.0657. The van der Waals surface area contributed by atoms with Crippen LogP contribution in [0.3, 0.4) is 0 Å². The monoisotopic (exact) mass is 470 g/mol. The molecule has 0 saturated heterocycles. The third kappa shape index (κ3) is 13.5. The van der Waals surface area contributed by atoms with E-state index in [1.165, 1.54) is 6.92 Å². The number of nitrogens with one attached hydrogen (secondary N) is 2. The lowest BCUT2D eigenvalue weighted by Crippen LogP contribution is -2.49. The summed E-state index contributed by atoms with van der Waals surface area (Å²) in [5.41, 5.74) is 1.15. The Morgan fingerprint density at radius 3 is 2.33 bits per heavy atom. The van der Waals surface area contributed by atoms with E-state index in [2.05, 4.69) is 10.6 Å². The highest BCUT2D eigenvalue weighted by Gasteiger charge is 2.26. The maximum atomic E-state index is 13.1. The number of carbonyl (C=O) groups is 3. The van der Waals surface area contributed by atoms with Gasteiger partial charge in [-0.2, -0.15) is 0 Å². The van der Waals surface area contributed by atoms with Gasteiger partial charge in [0, 0.05) is 25.1 Å². The molecule has 2 atom stereocenters. The fourth-order valence-corrected chi connectivity index (χ4v) is 3.91. The molecule has 0 aliphatic heterocycles. The fraction of sp³-hybridized carbons (Fsp3) is 0.444. The molecule has 180 valence electrons. The molecule has 0 fully saturated rings. The standard InChI is InChI=1S/C27H38N2O3S/c1-5-6-7-8-9-13-18-28-27(32)25(19-21(2)3)29-26(31)24(20-33-22(4)30)17-16-23-14-11-10-12-15-23/h5-15,21,24-25H,16-20H2,1-4H3,(H,28,32)(H,29,31)/b6-5-,8-7-,13-9+. The SMILES string of the molecule is C\C=C/C=C\C=C\CNC(=O)C(CC(C)C)NC(=O)C(CCc1ccccc1)CSC(C)=O. The second kappa shape index (κ2) is 17.0. The minimum absolute atomic E-state index is 0.0146. The van der Waals surface area contributed by atoms with Gasteiger partial charge < -0.3 is 10.6 Å². The molecule has 6 heteroatoms. The molecule has 0 spiro atoms. The van der Waals surface area contributed by atoms with E-state index in [1.807, 2.05) is 87.6 Å². The van der Waals surface area contributed by atoms with Crippen LogP contribution < -0.4 is 10.6 Å². The third-order valence-electron chi connectivity index (χ3n) is 4.88. The number of allylic oxidation sites excluding steroid dienone is 5. The zero-order chi connectivity index (χ0) is 24.5. The number of benzene rings is 1. The van der Waals surface area contributed by atoms with E-state index in [9.17, 15) is 14.4 Å². The molecule has 0 aliphatic carbocycles. The van der Waals surface area contributed by atoms with Crippen LogP contribution >= 0.6 is 11.8 Å². The van der Waals surface area contributed by atoms with Crippen LogP contribution in [0.2, 0.25) is 0 Å². The third-order valence-corrected chi connectivity index (χ3v) is 5.85. The first-order chi connectivity index (χ1) is 15.8. The molecule has 1 aromatic carbocycles. The largest absolute Gasteiger partial charge is 0.351 e. The molecular weight excluding hydrogens is 432 g/mol. The highest BCUT2D eigenvalue weighted by atomic mass is 32.2. The normalized spacial score (nSPS) is 13.6. The minimum atomic E-state index is -0.606. The van der Waals surface area contributed by atoms with Crippen molar-refractivity contribution in [3.63, 3.8) is 0 Å². The zero-order valence-electron chi connectivity index (χ0n) is 20.3. The van der Waals surface area contributed by atoms with E-state index >= 15 is 0 Å². The quantitative estimate of drug-likeness (QED) is 0.381. The lowest BCUT2D eigenvalue weighted by atomic mass is 9.98. The number of aryl methyl sites for hydroxylation is 1. The highest BCUT2D eigenvalue weighted by Crippen LogP contribution is 2.18. The van der Waals surface area contributed by atoms with Crippen molar-refractivity contribution in [3.8, 4) is 0 Å². The first-order valence-electron chi connectivity index (χ1n) is 11.5. The topological polar surface area (TPSA) is 75.3 Å². The van der Waals surface area contributed by atoms with Gasteiger partial charge in [-0.25, -0.2) is 0 Å². The number of amides is 2. The van der Waals surface area contributed by atoms with Crippen LogP contribution in [0.15, 0.2) is 66.8 Å². The summed E-state index contributed by atoms with van der Waals surface area (Å²) >= 11 is 1.16. The van der Waals surface area contributed by atoms with Gasteiger partial charge in [0.1, 0.15) is 6.04 Å². The molecule has 2 N–H and O–H groups in total. The van der Waals surface area contributed by atoms with Gasteiger partial charge in [-0.15, -0.1) is 0 Å². The average Bonchev–Trinajstić information content (AvgIpc) is 2.78. The van der Waals surface area contributed by atoms with Crippen LogP contribution in [0.5, 0.6) is 0 Å².